The van der Waals surface area contributed by atoms with Gasteiger partial charge >= 0.3 is 5.97 Å². The van der Waals surface area contributed by atoms with Gasteiger partial charge in [-0.1, -0.05) is 35.5 Å². The zero-order chi connectivity index (χ0) is 20.4. The molecule has 5 fully saturated rings. The predicted molar refractivity (Wildman–Crippen MR) is 110 cm³/mol. The Balaban J connectivity index is 1.12. The third-order valence-corrected chi connectivity index (χ3v) is 8.63. The number of nitrogens with one attached hydrogen (secondary N) is 1. The first kappa shape index (κ1) is 18.6. The Kier molecular flexibility index (Phi) is 3.95. The lowest BCUT2D eigenvalue weighted by molar-refractivity contribution is -0.156. The molecular weight excluding hydrogens is 378 g/mol. The Morgan fingerprint density at radius 3 is 2.40 bits per heavy atom. The van der Waals surface area contributed by atoms with E-state index in [1.54, 1.807) is 0 Å². The molecule has 5 aliphatic carbocycles. The second kappa shape index (κ2) is 6.39. The first-order valence-corrected chi connectivity index (χ1v) is 11.4. The summed E-state index contributed by atoms with van der Waals surface area (Å²) in [7, 11) is 0. The normalized spacial score (nSPS) is 35.9. The van der Waals surface area contributed by atoms with Crippen LogP contribution < -0.4 is 5.32 Å². The third kappa shape index (κ3) is 2.83. The van der Waals surface area contributed by atoms with E-state index < -0.39 is 11.4 Å². The molecule has 30 heavy (non-hydrogen) atoms. The van der Waals surface area contributed by atoms with Crippen molar-refractivity contribution in [3.8, 4) is 0 Å². The van der Waals surface area contributed by atoms with Crippen LogP contribution in [0.25, 0.3) is 0 Å². The molecule has 6 nitrogen and oxygen atoms in total. The van der Waals surface area contributed by atoms with E-state index in [-0.39, 0.29) is 10.8 Å². The number of carbonyl (C=O) groups is 1. The number of carboxylic acids is 1. The minimum atomic E-state index is -0.626. The van der Waals surface area contributed by atoms with Gasteiger partial charge in [-0.25, -0.2) is 0 Å². The molecule has 158 valence electrons. The van der Waals surface area contributed by atoms with Gasteiger partial charge in [-0.3, -0.25) is 4.79 Å². The number of nitrogens with zero attached hydrogens (tertiary/aromatic N) is 2. The van der Waals surface area contributed by atoms with Crippen LogP contribution in [-0.2, 0) is 15.6 Å². The van der Waals surface area contributed by atoms with E-state index in [4.69, 9.17) is 9.51 Å². The first-order chi connectivity index (χ1) is 14.5. The van der Waals surface area contributed by atoms with Gasteiger partial charge < -0.3 is 14.9 Å². The molecule has 0 saturated heterocycles. The maximum Gasteiger partial charge on any atom is 0.309 e. The van der Waals surface area contributed by atoms with Crippen molar-refractivity contribution in [1.82, 2.24) is 15.5 Å². The third-order valence-electron chi connectivity index (χ3n) is 8.63. The first-order valence-electron chi connectivity index (χ1n) is 11.4. The van der Waals surface area contributed by atoms with Crippen LogP contribution in [-0.4, -0.2) is 33.8 Å². The summed E-state index contributed by atoms with van der Waals surface area (Å²) in [5, 5.41) is 17.8. The average molecular weight is 408 g/mol. The number of rotatable bonds is 7. The van der Waals surface area contributed by atoms with E-state index >= 15 is 0 Å². The fraction of sp³-hybridized carbons (Fsp3) is 0.625. The molecule has 2 bridgehead atoms. The van der Waals surface area contributed by atoms with Gasteiger partial charge in [0.2, 0.25) is 5.89 Å². The molecule has 2 N–H and O–H groups in total. The van der Waals surface area contributed by atoms with Crippen LogP contribution in [0.2, 0.25) is 0 Å². The van der Waals surface area contributed by atoms with Crippen molar-refractivity contribution in [2.24, 2.45) is 5.41 Å². The smallest absolute Gasteiger partial charge is 0.309 e. The summed E-state index contributed by atoms with van der Waals surface area (Å²) in [6.07, 6.45) is 8.17. The summed E-state index contributed by atoms with van der Waals surface area (Å²) in [4.78, 5) is 16.6. The maximum atomic E-state index is 11.7. The lowest BCUT2D eigenvalue weighted by atomic mass is 9.53. The van der Waals surface area contributed by atoms with Crippen LogP contribution in [0.1, 0.15) is 81.0 Å². The molecule has 6 heteroatoms. The molecule has 1 unspecified atom stereocenters. The largest absolute Gasteiger partial charge is 0.481 e. The van der Waals surface area contributed by atoms with E-state index in [2.05, 4.69) is 40.8 Å². The van der Waals surface area contributed by atoms with Gasteiger partial charge in [0.25, 0.3) is 0 Å². The van der Waals surface area contributed by atoms with Gasteiger partial charge in [-0.15, -0.1) is 0 Å². The molecule has 0 spiro atoms. The van der Waals surface area contributed by atoms with Crippen molar-refractivity contribution in [2.75, 3.05) is 6.54 Å². The fourth-order valence-corrected chi connectivity index (χ4v) is 5.93. The van der Waals surface area contributed by atoms with E-state index in [0.717, 1.165) is 69.6 Å². The monoisotopic (exact) mass is 407 g/mol. The highest BCUT2D eigenvalue weighted by atomic mass is 16.5. The fourth-order valence-electron chi connectivity index (χ4n) is 5.93. The van der Waals surface area contributed by atoms with Crippen molar-refractivity contribution in [3.63, 3.8) is 0 Å². The quantitative estimate of drug-likeness (QED) is 0.723. The lowest BCUT2D eigenvalue weighted by Gasteiger charge is -2.49. The Morgan fingerprint density at radius 2 is 1.77 bits per heavy atom. The van der Waals surface area contributed by atoms with Crippen LogP contribution in [0.4, 0.5) is 0 Å². The molecule has 2 atom stereocenters. The zero-order valence-corrected chi connectivity index (χ0v) is 17.3. The molecule has 0 amide bonds. The molecular formula is C24H29N3O3. The van der Waals surface area contributed by atoms with E-state index in [1.807, 2.05) is 0 Å². The van der Waals surface area contributed by atoms with Crippen LogP contribution in [0.3, 0.4) is 0 Å². The van der Waals surface area contributed by atoms with Crippen molar-refractivity contribution in [1.29, 1.82) is 0 Å². The summed E-state index contributed by atoms with van der Waals surface area (Å²) in [6.45, 7) is 0.912. The number of benzene rings is 1. The Bertz CT molecular complexity index is 941. The highest BCUT2D eigenvalue weighted by molar-refractivity contribution is 5.75. The number of fused-ring (bicyclic) bond motifs is 3. The minimum Gasteiger partial charge on any atom is -0.481 e. The lowest BCUT2D eigenvalue weighted by Crippen LogP contribution is -2.48. The van der Waals surface area contributed by atoms with Crippen molar-refractivity contribution in [3.05, 3.63) is 47.6 Å². The molecule has 7 rings (SSSR count). The SMILES string of the molecule is O=C(O)C12CCC(c3nc(C4(CN[C@H]5CC5c5ccccc5)CC4)no3)(CC1)CC2. The molecule has 5 aliphatic rings. The maximum absolute atomic E-state index is 11.7. The van der Waals surface area contributed by atoms with Crippen molar-refractivity contribution in [2.45, 2.75) is 80.6 Å². The van der Waals surface area contributed by atoms with E-state index in [0.29, 0.717) is 12.0 Å². The highest BCUT2D eigenvalue weighted by Crippen LogP contribution is 2.58. The topological polar surface area (TPSA) is 88.2 Å². The van der Waals surface area contributed by atoms with Crippen LogP contribution >= 0.6 is 0 Å². The number of carboxylic acid groups (broad SMARTS) is 1. The van der Waals surface area contributed by atoms with Gasteiger partial charge in [0.05, 0.1) is 5.41 Å². The van der Waals surface area contributed by atoms with Crippen molar-refractivity contribution < 1.29 is 14.4 Å². The molecule has 1 aromatic carbocycles. The predicted octanol–water partition coefficient (Wildman–Crippen LogP) is 3.92. The second-order valence-electron chi connectivity index (χ2n) is 10.3. The van der Waals surface area contributed by atoms with Crippen LogP contribution in [0.15, 0.2) is 34.9 Å². The number of hydrogen-bond donors (Lipinski definition) is 2. The summed E-state index contributed by atoms with van der Waals surface area (Å²) >= 11 is 0. The summed E-state index contributed by atoms with van der Waals surface area (Å²) < 4.78 is 5.82. The second-order valence-corrected chi connectivity index (χ2v) is 10.3. The molecule has 5 saturated carbocycles. The van der Waals surface area contributed by atoms with Gasteiger partial charge in [0.1, 0.15) is 0 Å². The van der Waals surface area contributed by atoms with Gasteiger partial charge in [0.15, 0.2) is 5.82 Å². The highest BCUT2D eigenvalue weighted by Gasteiger charge is 2.56. The average Bonchev–Trinajstić information content (AvgIpc) is 3.70. The summed E-state index contributed by atoms with van der Waals surface area (Å²) in [6, 6.07) is 11.3. The Hall–Kier alpha value is -2.21. The molecule has 0 radical (unpaired) electrons. The minimum absolute atomic E-state index is 0.0242. The number of hydrogen-bond acceptors (Lipinski definition) is 5. The molecule has 1 heterocycles. The van der Waals surface area contributed by atoms with Gasteiger partial charge in [0, 0.05) is 29.3 Å². The van der Waals surface area contributed by atoms with E-state index in [9.17, 15) is 9.90 Å². The van der Waals surface area contributed by atoms with Crippen LogP contribution in [0.5, 0.6) is 0 Å². The van der Waals surface area contributed by atoms with E-state index in [1.165, 1.54) is 12.0 Å². The summed E-state index contributed by atoms with van der Waals surface area (Å²) in [5.41, 5.74) is 0.844. The molecule has 0 aliphatic heterocycles. The van der Waals surface area contributed by atoms with Crippen LogP contribution in [0, 0.1) is 5.41 Å². The number of aromatic nitrogens is 2. The zero-order valence-electron chi connectivity index (χ0n) is 17.3. The summed E-state index contributed by atoms with van der Waals surface area (Å²) in [5.74, 6) is 1.62. The molecule has 2 aromatic rings. The van der Waals surface area contributed by atoms with Gasteiger partial charge in [-0.05, 0) is 63.4 Å². The Labute approximate surface area is 176 Å². The van der Waals surface area contributed by atoms with Gasteiger partial charge in [-0.2, -0.15) is 4.98 Å². The molecule has 1 aromatic heterocycles. The standard InChI is InChI=1S/C24H29N3O3/c28-21(29)23-9-6-22(7-10-23,8-11-23)20-26-19(27-30-20)24(12-13-24)15-25-18-14-17(18)16-4-2-1-3-5-16/h1-5,17-18,25H,6-15H2,(H,28,29)/t17?,18-,22?,23?/m0/s1. The number of aliphatic carboxylic acids is 1. The Morgan fingerprint density at radius 1 is 1.07 bits per heavy atom. The van der Waals surface area contributed by atoms with Crippen molar-refractivity contribution >= 4 is 5.97 Å².